The smallest absolute Gasteiger partial charge is 0.326 e. The van der Waals surface area contributed by atoms with Crippen LogP contribution in [0.4, 0.5) is 0 Å². The van der Waals surface area contributed by atoms with Crippen LogP contribution in [-0.2, 0) is 33.3 Å². The van der Waals surface area contributed by atoms with Gasteiger partial charge in [-0.25, -0.2) is 0 Å². The molecule has 0 amide bonds. The molecule has 9 nitrogen and oxygen atoms in total. The van der Waals surface area contributed by atoms with E-state index >= 15 is 0 Å². The van der Waals surface area contributed by atoms with Crippen LogP contribution in [0.25, 0.3) is 0 Å². The molecule has 9 heteroatoms. The summed E-state index contributed by atoms with van der Waals surface area (Å²) in [6, 6.07) is 3.51. The normalized spacial score (nSPS) is 11.4. The molecular formula is C18H26N2O7. The Kier molecular flexibility index (Phi) is 10.2. The summed E-state index contributed by atoms with van der Waals surface area (Å²) in [5.41, 5.74) is -4.57. The van der Waals surface area contributed by atoms with Crippen LogP contribution in [0.2, 0.25) is 0 Å². The number of hydrogen-bond acceptors (Lipinski definition) is 9. The SMILES string of the molecule is CCOC(CC(C(=O)OC)(C(=O)OC)C(C#N)(C#N)CCC(C)=O)OCC. The summed E-state index contributed by atoms with van der Waals surface area (Å²) in [6.07, 6.45) is -2.10. The third-order valence-corrected chi connectivity index (χ3v) is 4.21. The second-order valence-corrected chi connectivity index (χ2v) is 5.76. The van der Waals surface area contributed by atoms with E-state index < -0.39 is 35.5 Å². The molecule has 0 spiro atoms. The Morgan fingerprint density at radius 2 is 1.41 bits per heavy atom. The summed E-state index contributed by atoms with van der Waals surface area (Å²) in [5, 5.41) is 19.6. The highest BCUT2D eigenvalue weighted by atomic mass is 16.7. The Bertz CT molecular complexity index is 582. The second-order valence-electron chi connectivity index (χ2n) is 5.76. The first kappa shape index (κ1) is 24.5. The number of nitriles is 2. The molecular weight excluding hydrogens is 356 g/mol. The molecule has 150 valence electrons. The number of carbonyl (C=O) groups excluding carboxylic acids is 3. The highest BCUT2D eigenvalue weighted by Crippen LogP contribution is 2.48. The standard InChI is InChI=1S/C18H26N2O7/c1-6-26-14(27-7-2)10-18(15(22)24-4,16(23)25-5)17(11-19,12-20)9-8-13(3)21/h14H,6-10H2,1-5H3. The molecule has 0 bridgehead atoms. The molecule has 0 unspecified atom stereocenters. The van der Waals surface area contributed by atoms with Crippen LogP contribution in [0, 0.1) is 33.5 Å². The first-order chi connectivity index (χ1) is 12.7. The molecule has 0 aliphatic heterocycles. The van der Waals surface area contributed by atoms with Gasteiger partial charge in [0.15, 0.2) is 11.7 Å². The molecule has 0 fully saturated rings. The number of nitrogens with zero attached hydrogens (tertiary/aromatic N) is 2. The summed E-state index contributed by atoms with van der Waals surface area (Å²) in [4.78, 5) is 37.0. The molecule has 0 atom stereocenters. The lowest BCUT2D eigenvalue weighted by molar-refractivity contribution is -0.197. The van der Waals surface area contributed by atoms with Crippen molar-refractivity contribution in [3.63, 3.8) is 0 Å². The van der Waals surface area contributed by atoms with Gasteiger partial charge in [0.05, 0.1) is 26.4 Å². The Morgan fingerprint density at radius 1 is 0.963 bits per heavy atom. The number of Topliss-reactive ketones (excluding diaryl/α,β-unsaturated/α-hetero) is 1. The average molecular weight is 382 g/mol. The second kappa shape index (κ2) is 11.3. The number of esters is 2. The minimum atomic E-state index is -2.36. The first-order valence-corrected chi connectivity index (χ1v) is 8.47. The number of hydrogen-bond donors (Lipinski definition) is 0. The summed E-state index contributed by atoms with van der Waals surface area (Å²) < 4.78 is 20.4. The number of rotatable bonds is 12. The van der Waals surface area contributed by atoms with Gasteiger partial charge in [-0.2, -0.15) is 10.5 Å². The Balaban J connectivity index is 6.62. The zero-order valence-electron chi connectivity index (χ0n) is 16.4. The molecule has 0 aromatic rings. The molecule has 0 saturated carbocycles. The number of methoxy groups -OCH3 is 2. The van der Waals surface area contributed by atoms with Gasteiger partial charge >= 0.3 is 11.9 Å². The summed E-state index contributed by atoms with van der Waals surface area (Å²) in [7, 11) is 2.06. The molecule has 0 saturated heterocycles. The van der Waals surface area contributed by atoms with Crippen LogP contribution in [-0.4, -0.2) is 51.4 Å². The minimum absolute atomic E-state index is 0.190. The van der Waals surface area contributed by atoms with Crippen LogP contribution in [0.15, 0.2) is 0 Å². The van der Waals surface area contributed by atoms with E-state index in [2.05, 4.69) is 0 Å². The van der Waals surface area contributed by atoms with E-state index in [4.69, 9.17) is 18.9 Å². The molecule has 27 heavy (non-hydrogen) atoms. The van der Waals surface area contributed by atoms with E-state index in [1.807, 2.05) is 0 Å². The molecule has 0 aromatic heterocycles. The van der Waals surface area contributed by atoms with E-state index in [0.717, 1.165) is 14.2 Å². The van der Waals surface area contributed by atoms with Crippen molar-refractivity contribution >= 4 is 17.7 Å². The van der Waals surface area contributed by atoms with Gasteiger partial charge in [-0.05, 0) is 27.2 Å². The molecule has 0 N–H and O–H groups in total. The van der Waals surface area contributed by atoms with Crippen molar-refractivity contribution in [1.82, 2.24) is 0 Å². The summed E-state index contributed by atoms with van der Waals surface area (Å²) in [5.74, 6) is -2.57. The molecule has 0 aliphatic rings. The fourth-order valence-electron chi connectivity index (χ4n) is 2.81. The van der Waals surface area contributed by atoms with Crippen molar-refractivity contribution in [2.24, 2.45) is 10.8 Å². The first-order valence-electron chi connectivity index (χ1n) is 8.47. The fourth-order valence-corrected chi connectivity index (χ4v) is 2.81. The third kappa shape index (κ3) is 5.25. The van der Waals surface area contributed by atoms with E-state index in [-0.39, 0.29) is 31.8 Å². The van der Waals surface area contributed by atoms with Gasteiger partial charge in [0, 0.05) is 26.1 Å². The Hall–Kier alpha value is -2.49. The van der Waals surface area contributed by atoms with Crippen molar-refractivity contribution in [1.29, 1.82) is 10.5 Å². The predicted octanol–water partition coefficient (Wildman–Crippen LogP) is 1.51. The molecule has 0 radical (unpaired) electrons. The van der Waals surface area contributed by atoms with E-state index in [1.54, 1.807) is 26.0 Å². The summed E-state index contributed by atoms with van der Waals surface area (Å²) in [6.45, 7) is 5.04. The van der Waals surface area contributed by atoms with Crippen molar-refractivity contribution in [2.75, 3.05) is 27.4 Å². The molecule has 0 aliphatic carbocycles. The predicted molar refractivity (Wildman–Crippen MR) is 91.7 cm³/mol. The van der Waals surface area contributed by atoms with Crippen molar-refractivity contribution in [3.8, 4) is 12.1 Å². The lowest BCUT2D eigenvalue weighted by Crippen LogP contribution is -2.55. The van der Waals surface area contributed by atoms with Gasteiger partial charge in [-0.15, -0.1) is 0 Å². The summed E-state index contributed by atoms with van der Waals surface area (Å²) >= 11 is 0. The largest absolute Gasteiger partial charge is 0.468 e. The number of ether oxygens (including phenoxy) is 4. The maximum absolute atomic E-state index is 12.8. The quantitative estimate of drug-likeness (QED) is 0.279. The average Bonchev–Trinajstić information content (AvgIpc) is 2.66. The van der Waals surface area contributed by atoms with Crippen molar-refractivity contribution in [2.45, 2.75) is 46.3 Å². The van der Waals surface area contributed by atoms with E-state index in [9.17, 15) is 24.9 Å². The van der Waals surface area contributed by atoms with Crippen molar-refractivity contribution in [3.05, 3.63) is 0 Å². The Morgan fingerprint density at radius 3 is 1.70 bits per heavy atom. The molecule has 0 heterocycles. The molecule has 0 rings (SSSR count). The van der Waals surface area contributed by atoms with Gasteiger partial charge in [0.1, 0.15) is 5.78 Å². The minimum Gasteiger partial charge on any atom is -0.468 e. The third-order valence-electron chi connectivity index (χ3n) is 4.21. The van der Waals surface area contributed by atoms with Crippen molar-refractivity contribution < 1.29 is 33.3 Å². The highest BCUT2D eigenvalue weighted by Gasteiger charge is 2.66. The Labute approximate surface area is 159 Å². The van der Waals surface area contributed by atoms with Crippen LogP contribution in [0.5, 0.6) is 0 Å². The lowest BCUT2D eigenvalue weighted by Gasteiger charge is -2.39. The van der Waals surface area contributed by atoms with Gasteiger partial charge in [-0.3, -0.25) is 9.59 Å². The van der Waals surface area contributed by atoms with E-state index in [1.165, 1.54) is 6.92 Å². The number of carbonyl (C=O) groups is 3. The number of ketones is 1. The zero-order chi connectivity index (χ0) is 21.1. The van der Waals surface area contributed by atoms with Crippen LogP contribution >= 0.6 is 0 Å². The topological polar surface area (TPSA) is 136 Å². The zero-order valence-corrected chi connectivity index (χ0v) is 16.4. The van der Waals surface area contributed by atoms with E-state index in [0.29, 0.717) is 0 Å². The van der Waals surface area contributed by atoms with Crippen LogP contribution < -0.4 is 0 Å². The van der Waals surface area contributed by atoms with Crippen LogP contribution in [0.3, 0.4) is 0 Å². The van der Waals surface area contributed by atoms with Gasteiger partial charge in [-0.1, -0.05) is 0 Å². The maximum Gasteiger partial charge on any atom is 0.326 e. The molecule has 0 aromatic carbocycles. The van der Waals surface area contributed by atoms with Gasteiger partial charge in [0.2, 0.25) is 5.41 Å². The monoisotopic (exact) mass is 382 g/mol. The lowest BCUT2D eigenvalue weighted by atomic mass is 9.60. The fraction of sp³-hybridized carbons (Fsp3) is 0.722. The highest BCUT2D eigenvalue weighted by molar-refractivity contribution is 6.02. The van der Waals surface area contributed by atoms with Crippen LogP contribution in [0.1, 0.15) is 40.0 Å². The maximum atomic E-state index is 12.8. The van der Waals surface area contributed by atoms with Gasteiger partial charge in [0.25, 0.3) is 0 Å². The van der Waals surface area contributed by atoms with Gasteiger partial charge < -0.3 is 23.7 Å².